The van der Waals surface area contributed by atoms with E-state index in [1.165, 1.54) is 17.8 Å². The smallest absolute Gasteiger partial charge is 0.395 e. The topological polar surface area (TPSA) is 84.8 Å². The monoisotopic (exact) mass is 555 g/mol. The van der Waals surface area contributed by atoms with Gasteiger partial charge in [0.2, 0.25) is 0 Å². The predicted octanol–water partition coefficient (Wildman–Crippen LogP) is 4.65. The molecule has 7 nitrogen and oxygen atoms in total. The van der Waals surface area contributed by atoms with Crippen molar-refractivity contribution in [2.75, 3.05) is 39.3 Å². The molecule has 0 spiro atoms. The molecule has 1 saturated carbocycles. The van der Waals surface area contributed by atoms with Crippen LogP contribution in [0.3, 0.4) is 0 Å². The van der Waals surface area contributed by atoms with Crippen molar-refractivity contribution in [3.63, 3.8) is 0 Å². The molecule has 1 saturated heterocycles. The van der Waals surface area contributed by atoms with Gasteiger partial charge < -0.3 is 10.0 Å². The molecule has 1 amide bonds. The summed E-state index contributed by atoms with van der Waals surface area (Å²) in [6.45, 7) is 3.47. The van der Waals surface area contributed by atoms with Gasteiger partial charge in [-0.25, -0.2) is 0 Å². The summed E-state index contributed by atoms with van der Waals surface area (Å²) in [5.74, 6) is -0.236. The van der Waals surface area contributed by atoms with Crippen molar-refractivity contribution in [2.45, 2.75) is 31.4 Å². The number of H-pyrrole nitrogens is 1. The first-order chi connectivity index (χ1) is 18.8. The predicted molar refractivity (Wildman–Crippen MR) is 145 cm³/mol. The maximum absolute atomic E-state index is 14.2. The number of halogens is 3. The number of aromatic nitrogens is 2. The molecule has 0 atom stereocenters. The lowest BCUT2D eigenvalue weighted by Crippen LogP contribution is -2.48. The van der Waals surface area contributed by atoms with Crippen LogP contribution in [0.2, 0.25) is 0 Å². The van der Waals surface area contributed by atoms with Crippen LogP contribution in [0.15, 0.2) is 52.5 Å². The van der Waals surface area contributed by atoms with Crippen molar-refractivity contribution in [3.8, 4) is 0 Å². The number of alkyl halides is 3. The number of nitrogens with one attached hydrogen (secondary N) is 1. The number of piperazine rings is 1. The van der Waals surface area contributed by atoms with Gasteiger partial charge in [0.1, 0.15) is 0 Å². The van der Waals surface area contributed by atoms with E-state index in [1.807, 2.05) is 23.1 Å². The molecule has 3 aromatic rings. The van der Waals surface area contributed by atoms with Crippen LogP contribution in [0, 0.1) is 0 Å². The number of benzene rings is 2. The van der Waals surface area contributed by atoms with E-state index in [4.69, 9.17) is 0 Å². The average Bonchev–Trinajstić information content (AvgIpc) is 3.54. The van der Waals surface area contributed by atoms with Crippen molar-refractivity contribution in [3.05, 3.63) is 69.8 Å². The summed E-state index contributed by atoms with van der Waals surface area (Å²) in [6.07, 6.45) is -1.08. The van der Waals surface area contributed by atoms with Crippen LogP contribution in [0.1, 0.15) is 41.0 Å². The number of carbonyl (C=O) groups excluding carboxylic acids is 1. The average molecular weight is 556 g/mol. The maximum atomic E-state index is 14.2. The highest BCUT2D eigenvalue weighted by molar-refractivity contribution is 8.18. The molecule has 3 aliphatic rings. The molecule has 6 rings (SSSR count). The zero-order valence-electron chi connectivity index (χ0n) is 21.2. The van der Waals surface area contributed by atoms with E-state index < -0.39 is 17.6 Å². The molecule has 3 heterocycles. The molecule has 204 valence electrons. The Morgan fingerprint density at radius 1 is 1.10 bits per heavy atom. The van der Waals surface area contributed by atoms with E-state index in [-0.39, 0.29) is 24.5 Å². The third-order valence-electron chi connectivity index (χ3n) is 7.56. The van der Waals surface area contributed by atoms with Gasteiger partial charge >= 0.3 is 6.18 Å². The van der Waals surface area contributed by atoms with E-state index in [9.17, 15) is 23.1 Å². The molecule has 39 heavy (non-hydrogen) atoms. The summed E-state index contributed by atoms with van der Waals surface area (Å²) in [6, 6.07) is 10.1. The van der Waals surface area contributed by atoms with E-state index in [0.717, 1.165) is 42.4 Å². The lowest BCUT2D eigenvalue weighted by atomic mass is 9.92. The van der Waals surface area contributed by atoms with Gasteiger partial charge in [-0.1, -0.05) is 18.2 Å². The number of rotatable bonds is 6. The number of aliphatic imine (C=N–C) groups is 1. The molecule has 1 aliphatic carbocycles. The lowest BCUT2D eigenvalue weighted by Gasteiger charge is -2.34. The summed E-state index contributed by atoms with van der Waals surface area (Å²) < 4.78 is 42.7. The fourth-order valence-electron chi connectivity index (χ4n) is 5.24. The van der Waals surface area contributed by atoms with Crippen LogP contribution in [0.5, 0.6) is 0 Å². The molecular weight excluding hydrogens is 527 g/mol. The van der Waals surface area contributed by atoms with E-state index in [0.29, 0.717) is 40.8 Å². The minimum absolute atomic E-state index is 0.0513. The number of hydrogen-bond donors (Lipinski definition) is 2. The van der Waals surface area contributed by atoms with Crippen molar-refractivity contribution < 1.29 is 23.1 Å². The fraction of sp³-hybridized carbons (Fsp3) is 0.393. The number of carbonyl (C=O) groups is 1. The van der Waals surface area contributed by atoms with Crippen LogP contribution < -0.4 is 0 Å². The van der Waals surface area contributed by atoms with Gasteiger partial charge in [-0.2, -0.15) is 23.3 Å². The molecule has 2 fully saturated rings. The Hall–Kier alpha value is -3.15. The third-order valence-corrected chi connectivity index (χ3v) is 8.72. The SMILES string of the molecule is O=C1N=C(N2CCN(CCO)CC2)SC1=C(Cc1ccc(C2CC2)cc1C(F)(F)F)c1ccc2[nH]ncc2c1. The minimum Gasteiger partial charge on any atom is -0.395 e. The Morgan fingerprint density at radius 2 is 1.90 bits per heavy atom. The van der Waals surface area contributed by atoms with Gasteiger partial charge in [-0.15, -0.1) is 0 Å². The first-order valence-electron chi connectivity index (χ1n) is 13.1. The number of amides is 1. The Bertz CT molecular complexity index is 1470. The van der Waals surface area contributed by atoms with Crippen LogP contribution in [-0.4, -0.2) is 75.5 Å². The van der Waals surface area contributed by atoms with Gasteiger partial charge in [0.25, 0.3) is 5.91 Å². The quantitative estimate of drug-likeness (QED) is 0.431. The van der Waals surface area contributed by atoms with Crippen molar-refractivity contribution in [1.29, 1.82) is 0 Å². The Kier molecular flexibility index (Phi) is 6.98. The number of fused-ring (bicyclic) bond motifs is 1. The van der Waals surface area contributed by atoms with Gasteiger partial charge in [-0.3, -0.25) is 14.8 Å². The number of thioether (sulfide) groups is 1. The number of allylic oxidation sites excluding steroid dienone is 1. The molecule has 1 aromatic heterocycles. The third kappa shape index (κ3) is 5.48. The first kappa shape index (κ1) is 26.1. The number of nitrogens with zero attached hydrogens (tertiary/aromatic N) is 4. The number of aliphatic hydroxyl groups excluding tert-OH is 1. The molecule has 0 bridgehead atoms. The normalized spacial score (nSPS) is 20.2. The molecule has 2 aromatic carbocycles. The van der Waals surface area contributed by atoms with Crippen LogP contribution in [-0.2, 0) is 17.4 Å². The van der Waals surface area contributed by atoms with Crippen LogP contribution in [0.4, 0.5) is 13.2 Å². The highest BCUT2D eigenvalue weighted by Gasteiger charge is 2.37. The van der Waals surface area contributed by atoms with Gasteiger partial charge in [0, 0.05) is 38.1 Å². The number of β-amino-alcohol motifs (C(OH)–C–C–N with tert-alkyl or cyclic N) is 1. The molecule has 0 radical (unpaired) electrons. The van der Waals surface area contributed by atoms with Crippen LogP contribution >= 0.6 is 11.8 Å². The van der Waals surface area contributed by atoms with Crippen molar-refractivity contribution in [1.82, 2.24) is 20.0 Å². The van der Waals surface area contributed by atoms with E-state index in [2.05, 4.69) is 20.1 Å². The van der Waals surface area contributed by atoms with E-state index in [1.54, 1.807) is 18.3 Å². The number of hydrogen-bond acceptors (Lipinski definition) is 6. The molecule has 0 unspecified atom stereocenters. The number of amidine groups is 1. The van der Waals surface area contributed by atoms with Gasteiger partial charge in [0.15, 0.2) is 5.17 Å². The van der Waals surface area contributed by atoms with Crippen LogP contribution in [0.25, 0.3) is 16.5 Å². The first-order valence-corrected chi connectivity index (χ1v) is 13.9. The van der Waals surface area contributed by atoms with Crippen molar-refractivity contribution >= 4 is 39.3 Å². The molecular formula is C28H28F3N5O2S. The Morgan fingerprint density at radius 3 is 2.62 bits per heavy atom. The summed E-state index contributed by atoms with van der Waals surface area (Å²) in [5.41, 5.74) is 2.21. The second-order valence-corrected chi connectivity index (χ2v) is 11.2. The number of aromatic amines is 1. The van der Waals surface area contributed by atoms with Gasteiger partial charge in [0.05, 0.1) is 28.8 Å². The molecule has 2 aliphatic heterocycles. The number of aliphatic hydroxyl groups is 1. The molecule has 11 heteroatoms. The summed E-state index contributed by atoms with van der Waals surface area (Å²) in [7, 11) is 0. The largest absolute Gasteiger partial charge is 0.416 e. The lowest BCUT2D eigenvalue weighted by molar-refractivity contribution is -0.138. The van der Waals surface area contributed by atoms with Gasteiger partial charge in [-0.05, 0) is 77.4 Å². The second kappa shape index (κ2) is 10.4. The zero-order valence-corrected chi connectivity index (χ0v) is 22.0. The summed E-state index contributed by atoms with van der Waals surface area (Å²) in [5, 5.41) is 17.5. The zero-order chi connectivity index (χ0) is 27.1. The Labute approximate surface area is 227 Å². The minimum atomic E-state index is -4.51. The second-order valence-electron chi connectivity index (χ2n) is 10.2. The summed E-state index contributed by atoms with van der Waals surface area (Å²) in [4.78, 5) is 22.1. The van der Waals surface area contributed by atoms with Crippen molar-refractivity contribution in [2.24, 2.45) is 4.99 Å². The maximum Gasteiger partial charge on any atom is 0.416 e. The highest BCUT2D eigenvalue weighted by atomic mass is 32.2. The highest BCUT2D eigenvalue weighted by Crippen LogP contribution is 2.44. The summed E-state index contributed by atoms with van der Waals surface area (Å²) >= 11 is 1.23. The standard InChI is InChI=1S/C28H28F3N5O2S/c29-28(30,31)23-15-18(17-1-2-17)3-4-20(23)14-22(19-5-6-24-21(13-19)16-32-34-24)25-26(38)33-27(39-25)36-9-7-35(8-10-36)11-12-37/h3-6,13,15-17,37H,1-2,7-12,14H2,(H,32,34). The molecule has 2 N–H and O–H groups in total. The Balaban J connectivity index is 1.37. The van der Waals surface area contributed by atoms with E-state index >= 15 is 0 Å². The fourth-order valence-corrected chi connectivity index (χ4v) is 6.31.